The molecule has 0 amide bonds. The van der Waals surface area contributed by atoms with E-state index in [1.54, 1.807) is 7.11 Å². The topological polar surface area (TPSA) is 30.5 Å². The lowest BCUT2D eigenvalue weighted by molar-refractivity contribution is 0.0849. The van der Waals surface area contributed by atoms with E-state index in [1.807, 2.05) is 18.2 Å². The molecule has 3 heteroatoms. The Hall–Kier alpha value is -1.06. The second-order valence-electron chi connectivity index (χ2n) is 3.10. The zero-order valence-corrected chi connectivity index (χ0v) is 7.62. The normalized spacial score (nSPS) is 19.6. The summed E-state index contributed by atoms with van der Waals surface area (Å²) in [6.07, 6.45) is 0. The van der Waals surface area contributed by atoms with Crippen LogP contribution in [0.4, 0.5) is 0 Å². The van der Waals surface area contributed by atoms with Crippen molar-refractivity contribution in [2.75, 3.05) is 20.3 Å². The largest absolute Gasteiger partial charge is 0.493 e. The van der Waals surface area contributed by atoms with Crippen LogP contribution < -0.4 is 10.2 Å². The van der Waals surface area contributed by atoms with Crippen molar-refractivity contribution < 1.29 is 9.57 Å². The number of rotatable bonds is 3. The van der Waals surface area contributed by atoms with Crippen molar-refractivity contribution in [3.05, 3.63) is 29.8 Å². The quantitative estimate of drug-likeness (QED) is 0.710. The van der Waals surface area contributed by atoms with Crippen LogP contribution in [0.25, 0.3) is 0 Å². The van der Waals surface area contributed by atoms with Gasteiger partial charge in [-0.2, -0.15) is 0 Å². The van der Waals surface area contributed by atoms with Crippen molar-refractivity contribution in [2.24, 2.45) is 0 Å². The van der Waals surface area contributed by atoms with Crippen molar-refractivity contribution in [1.82, 2.24) is 5.48 Å². The molecule has 0 bridgehead atoms. The molecule has 13 heavy (non-hydrogen) atoms. The molecule has 0 spiro atoms. The van der Waals surface area contributed by atoms with Crippen LogP contribution in [-0.4, -0.2) is 20.3 Å². The first-order valence-corrected chi connectivity index (χ1v) is 4.39. The Kier molecular flexibility index (Phi) is 2.47. The number of hydrogen-bond acceptors (Lipinski definition) is 3. The van der Waals surface area contributed by atoms with Gasteiger partial charge < -0.3 is 9.57 Å². The first-order chi connectivity index (χ1) is 6.42. The van der Waals surface area contributed by atoms with E-state index in [0.717, 1.165) is 18.9 Å². The van der Waals surface area contributed by atoms with Gasteiger partial charge in [-0.05, 0) is 6.07 Å². The van der Waals surface area contributed by atoms with Crippen LogP contribution in [0.2, 0.25) is 0 Å². The molecule has 1 unspecified atom stereocenters. The van der Waals surface area contributed by atoms with E-state index in [1.165, 1.54) is 5.56 Å². The number of nitrogens with one attached hydrogen (secondary N) is 1. The van der Waals surface area contributed by atoms with E-state index in [0.29, 0.717) is 5.92 Å². The van der Waals surface area contributed by atoms with Gasteiger partial charge in [0.2, 0.25) is 0 Å². The predicted octanol–water partition coefficient (Wildman–Crippen LogP) is 1.31. The Balaban J connectivity index is 2.09. The molecule has 1 aliphatic rings. The number of fused-ring (bicyclic) bond motifs is 1. The van der Waals surface area contributed by atoms with Crippen LogP contribution in [0.1, 0.15) is 11.5 Å². The van der Waals surface area contributed by atoms with Crippen LogP contribution in [0.3, 0.4) is 0 Å². The van der Waals surface area contributed by atoms with Gasteiger partial charge in [-0.25, -0.2) is 5.48 Å². The number of ether oxygens (including phenoxy) is 1. The van der Waals surface area contributed by atoms with Gasteiger partial charge in [0, 0.05) is 18.0 Å². The van der Waals surface area contributed by atoms with E-state index in [2.05, 4.69) is 11.5 Å². The lowest BCUT2D eigenvalue weighted by Crippen LogP contribution is -2.21. The summed E-state index contributed by atoms with van der Waals surface area (Å²) >= 11 is 0. The maximum absolute atomic E-state index is 5.51. The lowest BCUT2D eigenvalue weighted by atomic mass is 10.0. The summed E-state index contributed by atoms with van der Waals surface area (Å²) in [6.45, 7) is 1.54. The fraction of sp³-hybridized carbons (Fsp3) is 0.400. The molecule has 2 rings (SSSR count). The summed E-state index contributed by atoms with van der Waals surface area (Å²) in [4.78, 5) is 4.81. The Bertz CT molecular complexity index is 288. The van der Waals surface area contributed by atoms with Gasteiger partial charge in [0.15, 0.2) is 0 Å². The van der Waals surface area contributed by atoms with Gasteiger partial charge in [-0.1, -0.05) is 18.2 Å². The Morgan fingerprint density at radius 2 is 2.38 bits per heavy atom. The molecule has 0 fully saturated rings. The van der Waals surface area contributed by atoms with Gasteiger partial charge in [0.1, 0.15) is 5.75 Å². The predicted molar refractivity (Wildman–Crippen MR) is 49.7 cm³/mol. The van der Waals surface area contributed by atoms with E-state index >= 15 is 0 Å². The maximum atomic E-state index is 5.51. The number of benzene rings is 1. The first kappa shape index (κ1) is 8.53. The summed E-state index contributed by atoms with van der Waals surface area (Å²) in [5, 5.41) is 0. The second kappa shape index (κ2) is 3.77. The second-order valence-corrected chi connectivity index (χ2v) is 3.10. The van der Waals surface area contributed by atoms with Crippen molar-refractivity contribution >= 4 is 0 Å². The molecule has 0 radical (unpaired) electrons. The number of para-hydroxylation sites is 1. The third kappa shape index (κ3) is 1.66. The van der Waals surface area contributed by atoms with Crippen molar-refractivity contribution in [3.8, 4) is 5.75 Å². The van der Waals surface area contributed by atoms with Gasteiger partial charge in [0.25, 0.3) is 0 Å². The minimum absolute atomic E-state index is 0.413. The first-order valence-electron chi connectivity index (χ1n) is 4.39. The van der Waals surface area contributed by atoms with E-state index in [-0.39, 0.29) is 0 Å². The third-order valence-corrected chi connectivity index (χ3v) is 2.27. The molecule has 0 saturated carbocycles. The Morgan fingerprint density at radius 3 is 3.23 bits per heavy atom. The van der Waals surface area contributed by atoms with Crippen molar-refractivity contribution in [3.63, 3.8) is 0 Å². The molecule has 0 saturated heterocycles. The highest BCUT2D eigenvalue weighted by Crippen LogP contribution is 2.32. The van der Waals surface area contributed by atoms with Gasteiger partial charge in [-0.3, -0.25) is 0 Å². The summed E-state index contributed by atoms with van der Waals surface area (Å²) < 4.78 is 5.51. The van der Waals surface area contributed by atoms with Crippen LogP contribution in [0.5, 0.6) is 5.75 Å². The monoisotopic (exact) mass is 179 g/mol. The smallest absolute Gasteiger partial charge is 0.122 e. The molecule has 1 atom stereocenters. The Labute approximate surface area is 77.6 Å². The molecule has 1 heterocycles. The zero-order valence-electron chi connectivity index (χ0n) is 7.62. The highest BCUT2D eigenvalue weighted by atomic mass is 16.6. The van der Waals surface area contributed by atoms with Crippen LogP contribution >= 0.6 is 0 Å². The van der Waals surface area contributed by atoms with E-state index < -0.39 is 0 Å². The van der Waals surface area contributed by atoms with Crippen LogP contribution in [0, 0.1) is 0 Å². The Morgan fingerprint density at radius 1 is 1.54 bits per heavy atom. The lowest BCUT2D eigenvalue weighted by Gasteiger charge is -2.07. The summed E-state index contributed by atoms with van der Waals surface area (Å²) in [5.74, 6) is 1.42. The molecule has 3 nitrogen and oxygen atoms in total. The van der Waals surface area contributed by atoms with Crippen LogP contribution in [0.15, 0.2) is 24.3 Å². The van der Waals surface area contributed by atoms with Crippen molar-refractivity contribution in [2.45, 2.75) is 5.92 Å². The standard InChI is InChI=1S/C10H13NO2/c1-12-11-6-8-7-13-10-5-3-2-4-9(8)10/h2-5,8,11H,6-7H2,1H3. The molecule has 70 valence electrons. The molecule has 0 aliphatic carbocycles. The van der Waals surface area contributed by atoms with E-state index in [9.17, 15) is 0 Å². The molecule has 1 aliphatic heterocycles. The van der Waals surface area contributed by atoms with E-state index in [4.69, 9.17) is 9.57 Å². The highest BCUT2D eigenvalue weighted by molar-refractivity contribution is 5.39. The minimum Gasteiger partial charge on any atom is -0.493 e. The molecule has 1 N–H and O–H groups in total. The fourth-order valence-corrected chi connectivity index (χ4v) is 1.58. The average molecular weight is 179 g/mol. The number of hydroxylamine groups is 1. The summed E-state index contributed by atoms with van der Waals surface area (Å²) in [5.41, 5.74) is 4.12. The molecular weight excluding hydrogens is 166 g/mol. The SMILES string of the molecule is CONCC1COc2ccccc21. The molecule has 0 aromatic heterocycles. The maximum Gasteiger partial charge on any atom is 0.122 e. The summed E-state index contributed by atoms with van der Waals surface area (Å²) in [7, 11) is 1.63. The fourth-order valence-electron chi connectivity index (χ4n) is 1.58. The minimum atomic E-state index is 0.413. The third-order valence-electron chi connectivity index (χ3n) is 2.27. The van der Waals surface area contributed by atoms with Crippen LogP contribution in [-0.2, 0) is 4.84 Å². The summed E-state index contributed by atoms with van der Waals surface area (Å²) in [6, 6.07) is 8.13. The molecule has 1 aromatic carbocycles. The zero-order chi connectivity index (χ0) is 9.10. The average Bonchev–Trinajstić information content (AvgIpc) is 2.58. The number of hydrogen-bond donors (Lipinski definition) is 1. The van der Waals surface area contributed by atoms with Gasteiger partial charge in [0.05, 0.1) is 13.7 Å². The molecular formula is C10H13NO2. The van der Waals surface area contributed by atoms with Gasteiger partial charge in [-0.15, -0.1) is 0 Å². The molecule has 1 aromatic rings. The highest BCUT2D eigenvalue weighted by Gasteiger charge is 2.22. The van der Waals surface area contributed by atoms with Gasteiger partial charge >= 0.3 is 0 Å². The van der Waals surface area contributed by atoms with Crippen molar-refractivity contribution in [1.29, 1.82) is 0 Å².